The van der Waals surface area contributed by atoms with E-state index < -0.39 is 0 Å². The van der Waals surface area contributed by atoms with Gasteiger partial charge in [0.15, 0.2) is 11.6 Å². The van der Waals surface area contributed by atoms with Crippen LogP contribution in [0.25, 0.3) is 22.8 Å². The molecule has 0 aliphatic carbocycles. The molecule has 212 valence electrons. The maximum atomic E-state index is 14.2. The maximum absolute atomic E-state index is 14.2. The van der Waals surface area contributed by atoms with Gasteiger partial charge in [-0.15, -0.1) is 0 Å². The van der Waals surface area contributed by atoms with E-state index >= 15 is 0 Å². The zero-order valence-electron chi connectivity index (χ0n) is 21.5. The SMILES string of the molecule is C.C1CNCCN1.Fc1cc(-c2ncccn2)ccc1Br.Fc1cc(-c2ncccn2)ccc1N1CCNCC1. The lowest BCUT2D eigenvalue weighted by Gasteiger charge is -2.29. The van der Waals surface area contributed by atoms with Crippen molar-refractivity contribution >= 4 is 21.6 Å². The van der Waals surface area contributed by atoms with Crippen LogP contribution in [0.15, 0.2) is 77.8 Å². The lowest BCUT2D eigenvalue weighted by Crippen LogP contribution is -2.43. The van der Waals surface area contributed by atoms with Gasteiger partial charge in [-0.3, -0.25) is 0 Å². The van der Waals surface area contributed by atoms with Gasteiger partial charge in [-0.25, -0.2) is 28.7 Å². The second kappa shape index (κ2) is 16.7. The van der Waals surface area contributed by atoms with Gasteiger partial charge >= 0.3 is 0 Å². The van der Waals surface area contributed by atoms with E-state index in [1.54, 1.807) is 49.1 Å². The second-order valence-corrected chi connectivity index (χ2v) is 9.53. The van der Waals surface area contributed by atoms with Crippen molar-refractivity contribution in [3.8, 4) is 22.8 Å². The Morgan fingerprint density at radius 3 is 1.52 bits per heavy atom. The zero-order valence-corrected chi connectivity index (χ0v) is 23.0. The molecule has 2 aliphatic rings. The van der Waals surface area contributed by atoms with Crippen LogP contribution in [0.3, 0.4) is 0 Å². The maximum Gasteiger partial charge on any atom is 0.159 e. The molecule has 0 unspecified atom stereocenters. The molecule has 2 aromatic carbocycles. The Morgan fingerprint density at radius 1 is 0.625 bits per heavy atom. The highest BCUT2D eigenvalue weighted by molar-refractivity contribution is 9.10. The summed E-state index contributed by atoms with van der Waals surface area (Å²) < 4.78 is 27.8. The van der Waals surface area contributed by atoms with E-state index in [1.807, 2.05) is 12.1 Å². The van der Waals surface area contributed by atoms with E-state index in [-0.39, 0.29) is 19.1 Å². The highest BCUT2D eigenvalue weighted by Crippen LogP contribution is 2.25. The van der Waals surface area contributed by atoms with Crippen molar-refractivity contribution in [2.75, 3.05) is 57.3 Å². The van der Waals surface area contributed by atoms with Gasteiger partial charge in [0.25, 0.3) is 0 Å². The molecule has 4 heterocycles. The van der Waals surface area contributed by atoms with Crippen molar-refractivity contribution < 1.29 is 8.78 Å². The number of nitrogens with zero attached hydrogens (tertiary/aromatic N) is 5. The number of aromatic nitrogens is 4. The summed E-state index contributed by atoms with van der Waals surface area (Å²) in [6.07, 6.45) is 6.57. The lowest BCUT2D eigenvalue weighted by molar-refractivity contribution is 0.534. The Bertz CT molecular complexity index is 1280. The van der Waals surface area contributed by atoms with Crippen molar-refractivity contribution in [1.29, 1.82) is 0 Å². The number of anilines is 1. The average molecular weight is 614 g/mol. The molecule has 2 fully saturated rings. The number of piperazine rings is 2. The molecule has 0 spiro atoms. The topological polar surface area (TPSA) is 90.9 Å². The number of rotatable bonds is 3. The summed E-state index contributed by atoms with van der Waals surface area (Å²) in [5.41, 5.74) is 2.03. The fraction of sp³-hybridized carbons (Fsp3) is 0.310. The quantitative estimate of drug-likeness (QED) is 0.310. The van der Waals surface area contributed by atoms with Crippen molar-refractivity contribution in [3.05, 3.63) is 89.4 Å². The van der Waals surface area contributed by atoms with Crippen molar-refractivity contribution in [1.82, 2.24) is 35.9 Å². The summed E-state index contributed by atoms with van der Waals surface area (Å²) in [6, 6.07) is 13.5. The predicted molar refractivity (Wildman–Crippen MR) is 160 cm³/mol. The standard InChI is InChI=1S/C14H15FN4.C10H6BrFN2.C4H10N2.CH4/c15-12-10-11(14-17-4-1-5-18-14)2-3-13(12)19-8-6-16-7-9-19;11-8-3-2-7(6-9(8)12)10-13-4-1-5-14-10;1-2-6-4-3-5-1;/h1-5,10,16H,6-9H2;1-6H;5-6H,1-4H2;1H4. The van der Waals surface area contributed by atoms with Crippen LogP contribution in [-0.2, 0) is 0 Å². The normalized spacial score (nSPS) is 14.5. The highest BCUT2D eigenvalue weighted by atomic mass is 79.9. The molecule has 0 saturated carbocycles. The number of hydrogen-bond donors (Lipinski definition) is 3. The van der Waals surface area contributed by atoms with Gasteiger partial charge in [0.1, 0.15) is 11.6 Å². The van der Waals surface area contributed by atoms with Gasteiger partial charge in [-0.05, 0) is 64.5 Å². The zero-order chi connectivity index (χ0) is 27.3. The van der Waals surface area contributed by atoms with E-state index in [4.69, 9.17) is 0 Å². The minimum absolute atomic E-state index is 0. The first-order valence-electron chi connectivity index (χ1n) is 12.8. The van der Waals surface area contributed by atoms with Crippen LogP contribution in [0.2, 0.25) is 0 Å². The summed E-state index contributed by atoms with van der Waals surface area (Å²) in [7, 11) is 0. The summed E-state index contributed by atoms with van der Waals surface area (Å²) in [5, 5.41) is 9.70. The number of halogens is 3. The minimum atomic E-state index is -0.310. The fourth-order valence-electron chi connectivity index (χ4n) is 3.94. The molecule has 0 bridgehead atoms. The average Bonchev–Trinajstić information content (AvgIpc) is 3.01. The van der Waals surface area contributed by atoms with E-state index in [2.05, 4.69) is 56.7 Å². The van der Waals surface area contributed by atoms with Crippen LogP contribution in [0, 0.1) is 11.6 Å². The van der Waals surface area contributed by atoms with Crippen LogP contribution in [0.1, 0.15) is 7.43 Å². The Kier molecular flexibility index (Phi) is 13.0. The van der Waals surface area contributed by atoms with Gasteiger partial charge in [0.2, 0.25) is 0 Å². The van der Waals surface area contributed by atoms with Gasteiger partial charge < -0.3 is 20.9 Å². The summed E-state index contributed by atoms with van der Waals surface area (Å²) in [6.45, 7) is 8.00. The first-order valence-corrected chi connectivity index (χ1v) is 13.6. The molecule has 11 heteroatoms. The monoisotopic (exact) mass is 612 g/mol. The summed E-state index contributed by atoms with van der Waals surface area (Å²) >= 11 is 3.09. The Labute approximate surface area is 242 Å². The van der Waals surface area contributed by atoms with E-state index in [9.17, 15) is 8.78 Å². The molecule has 3 N–H and O–H groups in total. The van der Waals surface area contributed by atoms with Gasteiger partial charge in [0.05, 0.1) is 10.2 Å². The third kappa shape index (κ3) is 9.37. The molecule has 0 radical (unpaired) electrons. The van der Waals surface area contributed by atoms with Crippen molar-refractivity contribution in [3.63, 3.8) is 0 Å². The smallest absolute Gasteiger partial charge is 0.159 e. The van der Waals surface area contributed by atoms with Gasteiger partial charge in [0, 0.05) is 88.3 Å². The summed E-state index contributed by atoms with van der Waals surface area (Å²) in [5.74, 6) is 0.550. The molecule has 4 aromatic rings. The Hall–Kier alpha value is -3.38. The molecule has 2 aromatic heterocycles. The molecule has 6 rings (SSSR count). The third-order valence-electron chi connectivity index (χ3n) is 5.93. The van der Waals surface area contributed by atoms with Crippen molar-refractivity contribution in [2.45, 2.75) is 7.43 Å². The Morgan fingerprint density at radius 2 is 1.07 bits per heavy atom. The molecule has 8 nitrogen and oxygen atoms in total. The first kappa shape index (κ1) is 31.2. The number of nitrogens with one attached hydrogen (secondary N) is 3. The lowest BCUT2D eigenvalue weighted by atomic mass is 10.1. The molecule has 2 aliphatic heterocycles. The summed E-state index contributed by atoms with van der Waals surface area (Å²) in [4.78, 5) is 18.4. The Balaban J connectivity index is 0.000000184. The highest BCUT2D eigenvalue weighted by Gasteiger charge is 2.15. The largest absolute Gasteiger partial charge is 0.367 e. The minimum Gasteiger partial charge on any atom is -0.367 e. The number of hydrogen-bond acceptors (Lipinski definition) is 8. The van der Waals surface area contributed by atoms with Gasteiger partial charge in [-0.2, -0.15) is 0 Å². The number of benzene rings is 2. The van der Waals surface area contributed by atoms with Crippen LogP contribution < -0.4 is 20.9 Å². The first-order chi connectivity index (χ1) is 19.1. The molecule has 40 heavy (non-hydrogen) atoms. The molecule has 2 saturated heterocycles. The fourth-order valence-corrected chi connectivity index (χ4v) is 4.19. The molecule has 0 atom stereocenters. The third-order valence-corrected chi connectivity index (χ3v) is 6.57. The molecule has 0 amide bonds. The molecular formula is C29H35BrF2N8. The van der Waals surface area contributed by atoms with E-state index in [1.165, 1.54) is 12.1 Å². The second-order valence-electron chi connectivity index (χ2n) is 8.68. The van der Waals surface area contributed by atoms with Crippen LogP contribution >= 0.6 is 15.9 Å². The van der Waals surface area contributed by atoms with Gasteiger partial charge in [-0.1, -0.05) is 7.43 Å². The van der Waals surface area contributed by atoms with Crippen molar-refractivity contribution in [2.24, 2.45) is 0 Å². The molecular weight excluding hydrogens is 578 g/mol. The van der Waals surface area contributed by atoms with E-state index in [0.717, 1.165) is 52.4 Å². The van der Waals surface area contributed by atoms with Crippen LogP contribution in [-0.4, -0.2) is 72.3 Å². The van der Waals surface area contributed by atoms with Crippen LogP contribution in [0.5, 0.6) is 0 Å². The van der Waals surface area contributed by atoms with Crippen LogP contribution in [0.4, 0.5) is 14.5 Å². The predicted octanol–water partition coefficient (Wildman–Crippen LogP) is 4.55. The van der Waals surface area contributed by atoms with E-state index in [0.29, 0.717) is 32.9 Å².